The molecule has 27 heavy (non-hydrogen) atoms. The topological polar surface area (TPSA) is 59.6 Å². The molecule has 0 fully saturated rings. The third-order valence-corrected chi connectivity index (χ3v) is 5.41. The van der Waals surface area contributed by atoms with Crippen molar-refractivity contribution < 1.29 is 9.47 Å². The van der Waals surface area contributed by atoms with Gasteiger partial charge in [0, 0.05) is 20.2 Å². The molecule has 0 atom stereocenters. The summed E-state index contributed by atoms with van der Waals surface area (Å²) < 4.78 is 13.5. The predicted molar refractivity (Wildman–Crippen MR) is 114 cm³/mol. The highest BCUT2D eigenvalue weighted by Gasteiger charge is 2.08. The zero-order chi connectivity index (χ0) is 19.1. The van der Waals surface area contributed by atoms with Gasteiger partial charge in [0.05, 0.1) is 13.2 Å². The molecule has 6 heteroatoms. The summed E-state index contributed by atoms with van der Waals surface area (Å²) in [5.41, 5.74) is 0.0576. The van der Waals surface area contributed by atoms with Crippen LogP contribution in [0.3, 0.4) is 0 Å². The fourth-order valence-electron chi connectivity index (χ4n) is 2.87. The molecule has 0 amide bonds. The lowest BCUT2D eigenvalue weighted by atomic mass is 10.2. The minimum atomic E-state index is 0.0576. The average Bonchev–Trinajstić information content (AvgIpc) is 2.68. The van der Waals surface area contributed by atoms with Crippen LogP contribution in [0.5, 0.6) is 11.5 Å². The molecule has 2 N–H and O–H groups in total. The van der Waals surface area contributed by atoms with Crippen LogP contribution in [-0.4, -0.2) is 40.4 Å². The van der Waals surface area contributed by atoms with Gasteiger partial charge in [-0.05, 0) is 76.4 Å². The van der Waals surface area contributed by atoms with E-state index in [1.165, 1.54) is 0 Å². The van der Waals surface area contributed by atoms with Crippen molar-refractivity contribution in [3.8, 4) is 11.5 Å². The Kier molecular flexibility index (Phi) is 7.04. The van der Waals surface area contributed by atoms with Crippen LogP contribution in [0.1, 0.15) is 12.8 Å². The van der Waals surface area contributed by atoms with E-state index in [9.17, 15) is 4.79 Å². The second-order valence-electron chi connectivity index (χ2n) is 6.36. The summed E-state index contributed by atoms with van der Waals surface area (Å²) in [7, 11) is 3.86. The molecule has 0 bridgehead atoms. The summed E-state index contributed by atoms with van der Waals surface area (Å²) in [5, 5.41) is 7.67. The van der Waals surface area contributed by atoms with Crippen molar-refractivity contribution in [1.29, 1.82) is 0 Å². The van der Waals surface area contributed by atoms with Gasteiger partial charge < -0.3 is 20.1 Å². The van der Waals surface area contributed by atoms with Crippen molar-refractivity contribution in [2.24, 2.45) is 0 Å². The van der Waals surface area contributed by atoms with Crippen LogP contribution in [0.25, 0.3) is 20.2 Å². The summed E-state index contributed by atoms with van der Waals surface area (Å²) in [4.78, 5) is 12.8. The summed E-state index contributed by atoms with van der Waals surface area (Å²) in [5.74, 6) is 1.60. The van der Waals surface area contributed by atoms with E-state index in [0.29, 0.717) is 13.2 Å². The van der Waals surface area contributed by atoms with Crippen molar-refractivity contribution in [1.82, 2.24) is 10.6 Å². The molecule has 0 aliphatic heterocycles. The first kappa shape index (κ1) is 19.6. The van der Waals surface area contributed by atoms with Crippen LogP contribution < -0.4 is 25.5 Å². The van der Waals surface area contributed by atoms with Gasteiger partial charge in [-0.2, -0.15) is 0 Å². The molecule has 0 saturated carbocycles. The largest absolute Gasteiger partial charge is 0.493 e. The van der Waals surface area contributed by atoms with Gasteiger partial charge in [-0.1, -0.05) is 0 Å². The molecule has 0 spiro atoms. The monoisotopic (exact) mass is 386 g/mol. The Balaban J connectivity index is 1.85. The third-order valence-electron chi connectivity index (χ3n) is 4.30. The molecule has 0 aliphatic rings. The number of nitrogens with one attached hydrogen (secondary N) is 2. The summed E-state index contributed by atoms with van der Waals surface area (Å²) >= 11 is 1.60. The Morgan fingerprint density at radius 3 is 1.74 bits per heavy atom. The Morgan fingerprint density at radius 2 is 1.30 bits per heavy atom. The first-order valence-corrected chi connectivity index (χ1v) is 10.1. The van der Waals surface area contributed by atoms with Gasteiger partial charge in [-0.15, -0.1) is 11.3 Å². The summed E-state index contributed by atoms with van der Waals surface area (Å²) in [6, 6.07) is 11.4. The van der Waals surface area contributed by atoms with E-state index in [4.69, 9.17) is 9.47 Å². The number of hydrogen-bond donors (Lipinski definition) is 2. The maximum absolute atomic E-state index is 12.8. The Bertz CT molecular complexity index is 882. The zero-order valence-electron chi connectivity index (χ0n) is 15.8. The Hall–Kier alpha value is -2.15. The molecular weight excluding hydrogens is 360 g/mol. The van der Waals surface area contributed by atoms with Gasteiger partial charge in [-0.3, -0.25) is 4.79 Å². The Labute approximate surface area is 163 Å². The molecule has 0 radical (unpaired) electrons. The third kappa shape index (κ3) is 4.97. The van der Waals surface area contributed by atoms with Crippen LogP contribution >= 0.6 is 11.3 Å². The second kappa shape index (κ2) is 9.69. The smallest absolute Gasteiger partial charge is 0.195 e. The first-order valence-electron chi connectivity index (χ1n) is 9.28. The molecular formula is C21H26N2O3S. The fourth-order valence-corrected chi connectivity index (χ4v) is 4.00. The average molecular weight is 387 g/mol. The van der Waals surface area contributed by atoms with Crippen LogP contribution in [0.4, 0.5) is 0 Å². The first-order chi connectivity index (χ1) is 13.2. The molecule has 3 rings (SSSR count). The van der Waals surface area contributed by atoms with Gasteiger partial charge >= 0.3 is 0 Å². The van der Waals surface area contributed by atoms with E-state index in [1.54, 1.807) is 11.3 Å². The second-order valence-corrected chi connectivity index (χ2v) is 7.44. The van der Waals surface area contributed by atoms with Crippen LogP contribution in [0, 0.1) is 0 Å². The van der Waals surface area contributed by atoms with Crippen LogP contribution in [0.15, 0.2) is 41.2 Å². The van der Waals surface area contributed by atoms with E-state index >= 15 is 0 Å². The fraction of sp³-hybridized carbons (Fsp3) is 0.381. The number of fused-ring (bicyclic) bond motifs is 2. The molecule has 0 aliphatic carbocycles. The minimum absolute atomic E-state index is 0.0576. The van der Waals surface area contributed by atoms with Crippen LogP contribution in [-0.2, 0) is 0 Å². The van der Waals surface area contributed by atoms with Crippen molar-refractivity contribution in [2.75, 3.05) is 40.4 Å². The van der Waals surface area contributed by atoms with Crippen molar-refractivity contribution in [2.45, 2.75) is 12.8 Å². The molecule has 3 aromatic rings. The van der Waals surface area contributed by atoms with Crippen molar-refractivity contribution in [3.63, 3.8) is 0 Å². The van der Waals surface area contributed by atoms with E-state index in [0.717, 1.165) is 57.6 Å². The lowest BCUT2D eigenvalue weighted by Gasteiger charge is -2.09. The summed E-state index contributed by atoms with van der Waals surface area (Å²) in [6.45, 7) is 3.14. The lowest BCUT2D eigenvalue weighted by Crippen LogP contribution is -2.11. The van der Waals surface area contributed by atoms with Crippen molar-refractivity contribution in [3.05, 3.63) is 46.6 Å². The molecule has 0 unspecified atom stereocenters. The van der Waals surface area contributed by atoms with Gasteiger partial charge in [0.1, 0.15) is 11.5 Å². The highest BCUT2D eigenvalue weighted by atomic mass is 32.1. The molecule has 0 saturated heterocycles. The Morgan fingerprint density at radius 1 is 0.815 bits per heavy atom. The summed E-state index contributed by atoms with van der Waals surface area (Å²) in [6.07, 6.45) is 1.88. The molecule has 5 nitrogen and oxygen atoms in total. The van der Waals surface area contributed by atoms with E-state index in [-0.39, 0.29) is 5.43 Å². The minimum Gasteiger partial charge on any atom is -0.493 e. The molecule has 1 aromatic heterocycles. The molecule has 144 valence electrons. The zero-order valence-corrected chi connectivity index (χ0v) is 16.7. The van der Waals surface area contributed by atoms with Gasteiger partial charge in [0.25, 0.3) is 0 Å². The predicted octanol–water partition coefficient (Wildman–Crippen LogP) is 3.39. The molecule has 1 heterocycles. The molecule has 2 aromatic carbocycles. The number of rotatable bonds is 10. The number of benzene rings is 2. The highest BCUT2D eigenvalue weighted by molar-refractivity contribution is 7.24. The van der Waals surface area contributed by atoms with Crippen molar-refractivity contribution >= 4 is 31.5 Å². The van der Waals surface area contributed by atoms with Crippen LogP contribution in [0.2, 0.25) is 0 Å². The maximum atomic E-state index is 12.8. The normalized spacial score (nSPS) is 11.2. The maximum Gasteiger partial charge on any atom is 0.195 e. The van der Waals surface area contributed by atoms with E-state index in [1.807, 2.05) is 50.5 Å². The highest BCUT2D eigenvalue weighted by Crippen LogP contribution is 2.30. The number of ether oxygens (including phenoxy) is 2. The van der Waals surface area contributed by atoms with E-state index in [2.05, 4.69) is 10.6 Å². The SMILES string of the molecule is CNCCCOc1ccc2c(=O)c3ccc(OCCCNC)cc3sc2c1. The van der Waals surface area contributed by atoms with E-state index < -0.39 is 0 Å². The lowest BCUT2D eigenvalue weighted by molar-refractivity contribution is 0.310. The van der Waals surface area contributed by atoms with Gasteiger partial charge in [0.15, 0.2) is 5.43 Å². The standard InChI is InChI=1S/C21H26N2O3S/c1-22-9-3-11-25-15-5-7-17-19(13-15)27-20-14-16(26-12-4-10-23-2)6-8-18(20)21(17)24/h5-8,13-14,22-23H,3-4,9-12H2,1-2H3. The van der Waals surface area contributed by atoms with Gasteiger partial charge in [0.2, 0.25) is 0 Å². The van der Waals surface area contributed by atoms with Gasteiger partial charge in [-0.25, -0.2) is 0 Å². The number of hydrogen-bond acceptors (Lipinski definition) is 6. The quantitative estimate of drug-likeness (QED) is 0.413.